The van der Waals surface area contributed by atoms with Crippen molar-refractivity contribution in [1.82, 2.24) is 0 Å². The van der Waals surface area contributed by atoms with Crippen LogP contribution in [0.3, 0.4) is 0 Å². The van der Waals surface area contributed by atoms with Crippen molar-refractivity contribution in [1.29, 1.82) is 0 Å². The first-order valence-corrected chi connectivity index (χ1v) is 5.96. The summed E-state index contributed by atoms with van der Waals surface area (Å²) < 4.78 is 0.897. The number of nitrogens with two attached hydrogens (primary N) is 1. The molecule has 0 saturated heterocycles. The van der Waals surface area contributed by atoms with Crippen LogP contribution in [-0.4, -0.2) is 6.04 Å². The van der Waals surface area contributed by atoms with Gasteiger partial charge in [0.05, 0.1) is 4.34 Å². The molecule has 72 valence electrons. The third kappa shape index (κ3) is 2.25. The van der Waals surface area contributed by atoms with Gasteiger partial charge in [0.1, 0.15) is 0 Å². The molecular formula is C10H14ClNS. The topological polar surface area (TPSA) is 26.0 Å². The van der Waals surface area contributed by atoms with Crippen LogP contribution in [0.4, 0.5) is 0 Å². The minimum absolute atomic E-state index is 0.402. The minimum atomic E-state index is 0.402. The lowest BCUT2D eigenvalue weighted by atomic mass is 9.85. The predicted molar refractivity (Wildman–Crippen MR) is 58.5 cm³/mol. The lowest BCUT2D eigenvalue weighted by Gasteiger charge is -2.25. The fourth-order valence-corrected chi connectivity index (χ4v) is 3.24. The Balaban J connectivity index is 2.08. The summed E-state index contributed by atoms with van der Waals surface area (Å²) >= 11 is 7.61. The summed E-state index contributed by atoms with van der Waals surface area (Å²) in [6.45, 7) is 0. The Morgan fingerprint density at radius 3 is 2.85 bits per heavy atom. The number of halogens is 1. The molecule has 3 heteroatoms. The Hall–Kier alpha value is -0.0500. The first kappa shape index (κ1) is 9.50. The standard InChI is InChI=1S/C10H14ClNS/c11-10-5-4-9(13-10)7-2-1-3-8(12)6-7/h4-5,7-8H,1-3,6,12H2. The Morgan fingerprint density at radius 1 is 1.38 bits per heavy atom. The molecule has 0 bridgehead atoms. The van der Waals surface area contributed by atoms with E-state index in [1.807, 2.05) is 6.07 Å². The fourth-order valence-electron chi connectivity index (χ4n) is 2.03. The lowest BCUT2D eigenvalue weighted by molar-refractivity contribution is 0.397. The first-order valence-electron chi connectivity index (χ1n) is 4.76. The van der Waals surface area contributed by atoms with Crippen LogP contribution in [0, 0.1) is 0 Å². The zero-order chi connectivity index (χ0) is 9.26. The summed E-state index contributed by atoms with van der Waals surface area (Å²) in [5.74, 6) is 0.668. The van der Waals surface area contributed by atoms with Crippen LogP contribution in [0.2, 0.25) is 4.34 Å². The number of thiophene rings is 1. The van der Waals surface area contributed by atoms with E-state index in [9.17, 15) is 0 Å². The molecule has 2 atom stereocenters. The highest BCUT2D eigenvalue weighted by Crippen LogP contribution is 2.37. The molecule has 0 amide bonds. The Bertz CT molecular complexity index is 284. The monoisotopic (exact) mass is 215 g/mol. The molecule has 0 radical (unpaired) electrons. The summed E-state index contributed by atoms with van der Waals surface area (Å²) in [6, 6.07) is 4.54. The molecule has 1 saturated carbocycles. The van der Waals surface area contributed by atoms with Crippen LogP contribution < -0.4 is 5.73 Å². The van der Waals surface area contributed by atoms with E-state index < -0.39 is 0 Å². The molecule has 2 rings (SSSR count). The molecule has 1 nitrogen and oxygen atoms in total. The molecular weight excluding hydrogens is 202 g/mol. The van der Waals surface area contributed by atoms with Crippen molar-refractivity contribution < 1.29 is 0 Å². The summed E-state index contributed by atoms with van der Waals surface area (Å²) in [5, 5.41) is 0. The number of hydrogen-bond donors (Lipinski definition) is 1. The average Bonchev–Trinajstić information content (AvgIpc) is 2.52. The zero-order valence-electron chi connectivity index (χ0n) is 7.50. The van der Waals surface area contributed by atoms with Gasteiger partial charge in [-0.15, -0.1) is 11.3 Å². The van der Waals surface area contributed by atoms with E-state index in [2.05, 4.69) is 6.07 Å². The van der Waals surface area contributed by atoms with Gasteiger partial charge >= 0.3 is 0 Å². The zero-order valence-corrected chi connectivity index (χ0v) is 9.07. The second-order valence-electron chi connectivity index (χ2n) is 3.77. The maximum Gasteiger partial charge on any atom is 0.0931 e. The molecule has 1 aromatic heterocycles. The van der Waals surface area contributed by atoms with Crippen LogP contribution in [0.5, 0.6) is 0 Å². The molecule has 1 aliphatic rings. The van der Waals surface area contributed by atoms with Crippen molar-refractivity contribution in [3.05, 3.63) is 21.3 Å². The highest BCUT2D eigenvalue weighted by molar-refractivity contribution is 7.16. The highest BCUT2D eigenvalue weighted by atomic mass is 35.5. The van der Waals surface area contributed by atoms with Gasteiger partial charge in [0.2, 0.25) is 0 Å². The molecule has 1 aliphatic carbocycles. The lowest BCUT2D eigenvalue weighted by Crippen LogP contribution is -2.26. The predicted octanol–water partition coefficient (Wildman–Crippen LogP) is 3.39. The quantitative estimate of drug-likeness (QED) is 0.764. The molecule has 1 aromatic rings. The first-order chi connectivity index (χ1) is 6.25. The normalized spacial score (nSPS) is 29.1. The van der Waals surface area contributed by atoms with Gasteiger partial charge in [-0.05, 0) is 37.3 Å². The van der Waals surface area contributed by atoms with Crippen LogP contribution >= 0.6 is 22.9 Å². The maximum absolute atomic E-state index is 5.94. The van der Waals surface area contributed by atoms with Gasteiger partial charge in [-0.1, -0.05) is 18.0 Å². The molecule has 2 N–H and O–H groups in total. The second kappa shape index (κ2) is 3.99. The Morgan fingerprint density at radius 2 is 2.23 bits per heavy atom. The average molecular weight is 216 g/mol. The second-order valence-corrected chi connectivity index (χ2v) is 5.51. The minimum Gasteiger partial charge on any atom is -0.328 e. The molecule has 0 aromatic carbocycles. The molecule has 1 heterocycles. The molecule has 0 aliphatic heterocycles. The third-order valence-corrected chi connectivity index (χ3v) is 4.10. The Kier molecular flexibility index (Phi) is 2.92. The largest absolute Gasteiger partial charge is 0.328 e. The van der Waals surface area contributed by atoms with Crippen molar-refractivity contribution in [3.63, 3.8) is 0 Å². The maximum atomic E-state index is 5.94. The van der Waals surface area contributed by atoms with Gasteiger partial charge in [0, 0.05) is 10.9 Å². The van der Waals surface area contributed by atoms with Crippen LogP contribution in [-0.2, 0) is 0 Å². The van der Waals surface area contributed by atoms with E-state index in [1.165, 1.54) is 24.1 Å². The van der Waals surface area contributed by atoms with Gasteiger partial charge in [-0.2, -0.15) is 0 Å². The molecule has 13 heavy (non-hydrogen) atoms. The van der Waals surface area contributed by atoms with E-state index in [4.69, 9.17) is 17.3 Å². The van der Waals surface area contributed by atoms with Crippen molar-refractivity contribution in [2.75, 3.05) is 0 Å². The molecule has 0 spiro atoms. The van der Waals surface area contributed by atoms with Gasteiger partial charge in [0.25, 0.3) is 0 Å². The van der Waals surface area contributed by atoms with Gasteiger partial charge in [-0.25, -0.2) is 0 Å². The van der Waals surface area contributed by atoms with E-state index in [0.29, 0.717) is 12.0 Å². The van der Waals surface area contributed by atoms with Gasteiger partial charge in [0.15, 0.2) is 0 Å². The van der Waals surface area contributed by atoms with E-state index in [1.54, 1.807) is 11.3 Å². The summed E-state index contributed by atoms with van der Waals surface area (Å²) in [4.78, 5) is 1.42. The smallest absolute Gasteiger partial charge is 0.0931 e. The third-order valence-electron chi connectivity index (χ3n) is 2.71. The highest BCUT2D eigenvalue weighted by Gasteiger charge is 2.21. The summed E-state index contributed by atoms with van der Waals surface area (Å²) in [6.07, 6.45) is 4.87. The van der Waals surface area contributed by atoms with Gasteiger partial charge < -0.3 is 5.73 Å². The van der Waals surface area contributed by atoms with Crippen LogP contribution in [0.1, 0.15) is 36.5 Å². The molecule has 1 fully saturated rings. The van der Waals surface area contributed by atoms with Crippen molar-refractivity contribution in [2.24, 2.45) is 5.73 Å². The van der Waals surface area contributed by atoms with Gasteiger partial charge in [-0.3, -0.25) is 0 Å². The van der Waals surface area contributed by atoms with Crippen molar-refractivity contribution >= 4 is 22.9 Å². The van der Waals surface area contributed by atoms with E-state index in [0.717, 1.165) is 10.8 Å². The van der Waals surface area contributed by atoms with Crippen LogP contribution in [0.15, 0.2) is 12.1 Å². The fraction of sp³-hybridized carbons (Fsp3) is 0.600. The van der Waals surface area contributed by atoms with Crippen LogP contribution in [0.25, 0.3) is 0 Å². The SMILES string of the molecule is NC1CCCC(c2ccc(Cl)s2)C1. The molecule has 2 unspecified atom stereocenters. The van der Waals surface area contributed by atoms with Crippen molar-refractivity contribution in [3.8, 4) is 0 Å². The van der Waals surface area contributed by atoms with E-state index in [-0.39, 0.29) is 0 Å². The van der Waals surface area contributed by atoms with E-state index >= 15 is 0 Å². The van der Waals surface area contributed by atoms with Crippen molar-refractivity contribution in [2.45, 2.75) is 37.6 Å². The summed E-state index contributed by atoms with van der Waals surface area (Å²) in [7, 11) is 0. The number of rotatable bonds is 1. The summed E-state index contributed by atoms with van der Waals surface area (Å²) in [5.41, 5.74) is 5.94. The Labute approximate surface area is 87.9 Å². The number of hydrogen-bond acceptors (Lipinski definition) is 2.